The molecule has 6 rings (SSSR count). The van der Waals surface area contributed by atoms with Crippen molar-refractivity contribution >= 4 is 22.1 Å². The molecular weight excluding hydrogens is 508 g/mol. The molecule has 0 N–H and O–H groups in total. The molecule has 6 aromatic carbocycles. The van der Waals surface area contributed by atoms with Crippen molar-refractivity contribution in [3.63, 3.8) is 0 Å². The summed E-state index contributed by atoms with van der Waals surface area (Å²) in [5, 5.41) is 2.35. The highest BCUT2D eigenvalue weighted by Gasteiger charge is 2.30. The van der Waals surface area contributed by atoms with Gasteiger partial charge in [0.25, 0.3) is 0 Å². The Morgan fingerprint density at radius 2 is 1.12 bits per heavy atom. The van der Waals surface area contributed by atoms with Gasteiger partial charge in [0, 0.05) is 11.1 Å². The van der Waals surface area contributed by atoms with Gasteiger partial charge in [-0.2, -0.15) is 0 Å². The fourth-order valence-corrected chi connectivity index (χ4v) is 5.60. The van der Waals surface area contributed by atoms with E-state index in [0.29, 0.717) is 16.9 Å². The summed E-state index contributed by atoms with van der Waals surface area (Å²) in [6, 6.07) is 42.9. The van der Waals surface area contributed by atoms with E-state index in [4.69, 9.17) is 0 Å². The topological polar surface area (TPSA) is 3.24 Å². The van der Waals surface area contributed by atoms with Gasteiger partial charge in [0.1, 0.15) is 5.82 Å². The quantitative estimate of drug-likeness (QED) is 0.211. The van der Waals surface area contributed by atoms with Crippen LogP contribution in [0.1, 0.15) is 20.8 Å². The van der Waals surface area contributed by atoms with E-state index in [1.165, 1.54) is 16.8 Å². The van der Waals surface area contributed by atoms with Crippen LogP contribution in [0.25, 0.3) is 44.2 Å². The van der Waals surface area contributed by atoms with Crippen LogP contribution in [0, 0.1) is 11.6 Å². The number of hydrogen-bond acceptors (Lipinski definition) is 1. The molecule has 0 spiro atoms. The molecule has 0 amide bonds. The molecule has 6 aromatic rings. The maximum absolute atomic E-state index is 16.6. The third-order valence-electron chi connectivity index (χ3n) is 7.44. The van der Waals surface area contributed by atoms with Gasteiger partial charge in [-0.3, -0.25) is 0 Å². The van der Waals surface area contributed by atoms with Crippen LogP contribution >= 0.6 is 0 Å². The number of halogens is 2. The Kier molecular flexibility index (Phi) is 6.88. The average molecular weight is 540 g/mol. The van der Waals surface area contributed by atoms with E-state index in [2.05, 4.69) is 48.5 Å². The van der Waals surface area contributed by atoms with Crippen molar-refractivity contribution in [2.75, 3.05) is 4.90 Å². The fourth-order valence-electron chi connectivity index (χ4n) is 5.60. The van der Waals surface area contributed by atoms with E-state index in [1.807, 2.05) is 81.4 Å². The summed E-state index contributed by atoms with van der Waals surface area (Å²) in [6.45, 7) is 5.90. The highest BCUT2D eigenvalue weighted by atomic mass is 19.1. The number of anilines is 2. The summed E-state index contributed by atoms with van der Waals surface area (Å²) < 4.78 is 31.8. The number of fused-ring (bicyclic) bond motifs is 1. The van der Waals surface area contributed by atoms with Crippen molar-refractivity contribution in [1.82, 2.24) is 0 Å². The summed E-state index contributed by atoms with van der Waals surface area (Å²) in [4.78, 5) is 1.77. The van der Waals surface area contributed by atoms with Crippen molar-refractivity contribution < 1.29 is 8.78 Å². The van der Waals surface area contributed by atoms with Gasteiger partial charge in [0.2, 0.25) is 0 Å². The molecule has 0 aliphatic heterocycles. The second-order valence-electron chi connectivity index (χ2n) is 11.3. The lowest BCUT2D eigenvalue weighted by atomic mass is 9.92. The normalized spacial score (nSPS) is 11.5. The van der Waals surface area contributed by atoms with E-state index in [1.54, 1.807) is 23.1 Å². The van der Waals surface area contributed by atoms with Gasteiger partial charge in [0.15, 0.2) is 5.82 Å². The Morgan fingerprint density at radius 1 is 0.488 bits per heavy atom. The SMILES string of the molecule is CC(C)(C)N(c1ccccc1F)c1cc(-c2cccc(-c3cccc4ccccc34)c2)cc(-c2ccccc2)c1F. The van der Waals surface area contributed by atoms with Crippen LogP contribution in [0.3, 0.4) is 0 Å². The molecule has 1 nitrogen and oxygen atoms in total. The molecule has 3 heteroatoms. The lowest BCUT2D eigenvalue weighted by Gasteiger charge is -2.38. The first-order chi connectivity index (χ1) is 19.8. The summed E-state index contributed by atoms with van der Waals surface area (Å²) in [5.74, 6) is -0.783. The van der Waals surface area contributed by atoms with Crippen molar-refractivity contribution in [2.45, 2.75) is 26.3 Å². The molecule has 41 heavy (non-hydrogen) atoms. The van der Waals surface area contributed by atoms with E-state index < -0.39 is 11.4 Å². The maximum Gasteiger partial charge on any atom is 0.154 e. The van der Waals surface area contributed by atoms with Crippen molar-refractivity contribution in [1.29, 1.82) is 0 Å². The number of nitrogens with zero attached hydrogens (tertiary/aromatic N) is 1. The fraction of sp³-hybridized carbons (Fsp3) is 0.105. The predicted octanol–water partition coefficient (Wildman–Crippen LogP) is 11.1. The van der Waals surface area contributed by atoms with E-state index in [-0.39, 0.29) is 5.82 Å². The van der Waals surface area contributed by atoms with Gasteiger partial charge in [-0.25, -0.2) is 8.78 Å². The number of rotatable bonds is 5. The average Bonchev–Trinajstić information content (AvgIpc) is 2.98. The predicted molar refractivity (Wildman–Crippen MR) is 169 cm³/mol. The van der Waals surface area contributed by atoms with Crippen LogP contribution < -0.4 is 4.90 Å². The maximum atomic E-state index is 16.6. The molecule has 0 atom stereocenters. The van der Waals surface area contributed by atoms with Gasteiger partial charge in [0.05, 0.1) is 11.4 Å². The molecule has 0 heterocycles. The van der Waals surface area contributed by atoms with Gasteiger partial charge in [-0.05, 0) is 89.7 Å². The highest BCUT2D eigenvalue weighted by Crippen LogP contribution is 2.43. The molecule has 0 aliphatic rings. The lowest BCUT2D eigenvalue weighted by molar-refractivity contribution is 0.527. The minimum absolute atomic E-state index is 0.328. The Morgan fingerprint density at radius 3 is 1.90 bits per heavy atom. The Hall–Kier alpha value is -4.76. The molecule has 0 radical (unpaired) electrons. The first kappa shape index (κ1) is 26.5. The van der Waals surface area contributed by atoms with Gasteiger partial charge in [-0.15, -0.1) is 0 Å². The third kappa shape index (κ3) is 5.12. The van der Waals surface area contributed by atoms with Crippen LogP contribution in [0.5, 0.6) is 0 Å². The molecule has 0 saturated carbocycles. The smallest absolute Gasteiger partial charge is 0.154 e. The second kappa shape index (κ2) is 10.7. The van der Waals surface area contributed by atoms with Crippen LogP contribution in [0.4, 0.5) is 20.2 Å². The summed E-state index contributed by atoms with van der Waals surface area (Å²) in [7, 11) is 0. The largest absolute Gasteiger partial charge is 0.331 e. The van der Waals surface area contributed by atoms with Crippen LogP contribution in [-0.2, 0) is 0 Å². The standard InChI is InChI=1S/C38H31F2N/c1-38(2,3)41(35-22-10-9-21-34(35)39)36-25-30(24-33(37(36)40)27-13-5-4-6-14-27)28-17-11-18-29(23-28)32-20-12-16-26-15-7-8-19-31(26)32/h4-25H,1-3H3. The molecular formula is C38H31F2N. The molecule has 0 aliphatic carbocycles. The van der Waals surface area contributed by atoms with Crippen LogP contribution in [0.2, 0.25) is 0 Å². The Bertz CT molecular complexity index is 1850. The number of benzene rings is 6. The zero-order chi connectivity index (χ0) is 28.6. The van der Waals surface area contributed by atoms with Crippen molar-refractivity contribution in [3.05, 3.63) is 145 Å². The third-order valence-corrected chi connectivity index (χ3v) is 7.44. The zero-order valence-corrected chi connectivity index (χ0v) is 23.4. The van der Waals surface area contributed by atoms with Crippen molar-refractivity contribution in [2.24, 2.45) is 0 Å². The van der Waals surface area contributed by atoms with E-state index >= 15 is 8.78 Å². The molecule has 0 unspecified atom stereocenters. The second-order valence-corrected chi connectivity index (χ2v) is 11.3. The Balaban J connectivity index is 1.59. The lowest BCUT2D eigenvalue weighted by Crippen LogP contribution is -2.38. The van der Waals surface area contributed by atoms with Crippen LogP contribution in [0.15, 0.2) is 133 Å². The van der Waals surface area contributed by atoms with Crippen LogP contribution in [-0.4, -0.2) is 5.54 Å². The van der Waals surface area contributed by atoms with Gasteiger partial charge in [-0.1, -0.05) is 103 Å². The van der Waals surface area contributed by atoms with Gasteiger partial charge < -0.3 is 4.90 Å². The summed E-state index contributed by atoms with van der Waals surface area (Å²) in [6.07, 6.45) is 0. The minimum Gasteiger partial charge on any atom is -0.331 e. The molecule has 0 saturated heterocycles. The highest BCUT2D eigenvalue weighted by molar-refractivity contribution is 5.97. The summed E-state index contributed by atoms with van der Waals surface area (Å²) >= 11 is 0. The number of hydrogen-bond donors (Lipinski definition) is 0. The van der Waals surface area contributed by atoms with E-state index in [9.17, 15) is 0 Å². The molecule has 0 fully saturated rings. The first-order valence-electron chi connectivity index (χ1n) is 13.8. The van der Waals surface area contributed by atoms with Crippen molar-refractivity contribution in [3.8, 4) is 33.4 Å². The molecule has 0 aromatic heterocycles. The number of para-hydroxylation sites is 1. The Labute approximate surface area is 240 Å². The monoisotopic (exact) mass is 539 g/mol. The van der Waals surface area contributed by atoms with Gasteiger partial charge >= 0.3 is 0 Å². The zero-order valence-electron chi connectivity index (χ0n) is 23.4. The minimum atomic E-state index is -0.611. The first-order valence-corrected chi connectivity index (χ1v) is 13.8. The van der Waals surface area contributed by atoms with E-state index in [0.717, 1.165) is 27.8 Å². The molecule has 0 bridgehead atoms. The molecule has 202 valence electrons. The summed E-state index contributed by atoms with van der Waals surface area (Å²) in [5.41, 5.74) is 5.31.